The van der Waals surface area contributed by atoms with Crippen LogP contribution in [0.1, 0.15) is 49.4 Å². The lowest BCUT2D eigenvalue weighted by Gasteiger charge is -2.35. The van der Waals surface area contributed by atoms with Gasteiger partial charge in [0.15, 0.2) is 0 Å². The molecule has 4 nitrogen and oxygen atoms in total. The molecule has 0 bridgehead atoms. The predicted molar refractivity (Wildman–Crippen MR) is 92.3 cm³/mol. The van der Waals surface area contributed by atoms with Gasteiger partial charge in [-0.2, -0.15) is 0 Å². The molecule has 1 aromatic rings. The maximum atomic E-state index is 12.7. The predicted octanol–water partition coefficient (Wildman–Crippen LogP) is 2.88. The Bertz CT molecular complexity index is 472. The molecule has 1 aromatic carbocycles. The van der Waals surface area contributed by atoms with Crippen LogP contribution < -0.4 is 10.6 Å². The normalized spacial score (nSPS) is 18.3. The molecule has 1 saturated heterocycles. The van der Waals surface area contributed by atoms with Gasteiger partial charge in [0.25, 0.3) is 5.91 Å². The van der Waals surface area contributed by atoms with Gasteiger partial charge in [-0.05, 0) is 49.9 Å². The quantitative estimate of drug-likeness (QED) is 0.879. The molecular weight excluding hydrogens is 274 g/mol. The van der Waals surface area contributed by atoms with E-state index in [9.17, 15) is 4.79 Å². The lowest BCUT2D eigenvalue weighted by molar-refractivity contribution is 0.0623. The number of rotatable bonds is 6. The number of hydrogen-bond donors (Lipinski definition) is 1. The van der Waals surface area contributed by atoms with Gasteiger partial charge in [0.2, 0.25) is 0 Å². The monoisotopic (exact) mass is 303 g/mol. The molecule has 0 aromatic heterocycles. The van der Waals surface area contributed by atoms with E-state index in [-0.39, 0.29) is 11.9 Å². The number of amides is 1. The molecule has 0 aliphatic carbocycles. The Morgan fingerprint density at radius 3 is 2.68 bits per heavy atom. The zero-order chi connectivity index (χ0) is 15.9. The first-order valence-electron chi connectivity index (χ1n) is 8.49. The number of unbranched alkanes of at least 4 members (excludes halogenated alkanes) is 1. The fraction of sp³-hybridized carbons (Fsp3) is 0.611. The minimum Gasteiger partial charge on any atom is -0.375 e. The minimum atomic E-state index is 0.123. The number of benzene rings is 1. The summed E-state index contributed by atoms with van der Waals surface area (Å²) >= 11 is 0. The van der Waals surface area contributed by atoms with Crippen molar-refractivity contribution >= 4 is 11.6 Å². The first kappa shape index (κ1) is 16.8. The topological polar surface area (TPSA) is 49.6 Å². The molecule has 1 atom stereocenters. The van der Waals surface area contributed by atoms with Gasteiger partial charge >= 0.3 is 0 Å². The third kappa shape index (κ3) is 4.01. The summed E-state index contributed by atoms with van der Waals surface area (Å²) in [7, 11) is 2.10. The second kappa shape index (κ2) is 8.18. The van der Waals surface area contributed by atoms with Crippen molar-refractivity contribution in [2.45, 2.75) is 45.1 Å². The van der Waals surface area contributed by atoms with E-state index in [0.717, 1.165) is 31.5 Å². The Balaban J connectivity index is 2.04. The fourth-order valence-corrected chi connectivity index (χ4v) is 3.06. The van der Waals surface area contributed by atoms with Gasteiger partial charge in [0, 0.05) is 44.0 Å². The van der Waals surface area contributed by atoms with Gasteiger partial charge in [-0.25, -0.2) is 0 Å². The molecule has 0 spiro atoms. The van der Waals surface area contributed by atoms with Crippen LogP contribution in [-0.2, 0) is 0 Å². The number of likely N-dealkylation sites (tertiary alicyclic amines) is 1. The van der Waals surface area contributed by atoms with Gasteiger partial charge < -0.3 is 15.5 Å². The van der Waals surface area contributed by atoms with Crippen molar-refractivity contribution in [3.05, 3.63) is 29.8 Å². The summed E-state index contributed by atoms with van der Waals surface area (Å²) < 4.78 is 0. The second-order valence-electron chi connectivity index (χ2n) is 6.21. The molecule has 1 unspecified atom stereocenters. The third-order valence-electron chi connectivity index (χ3n) is 4.56. The summed E-state index contributed by atoms with van der Waals surface area (Å²) in [5.74, 6) is 0.123. The van der Waals surface area contributed by atoms with Gasteiger partial charge in [0.05, 0.1) is 0 Å². The van der Waals surface area contributed by atoms with Crippen molar-refractivity contribution in [3.8, 4) is 0 Å². The van der Waals surface area contributed by atoms with Crippen LogP contribution in [0.5, 0.6) is 0 Å². The lowest BCUT2D eigenvalue weighted by atomic mass is 10.0. The number of anilines is 1. The Morgan fingerprint density at radius 2 is 2.05 bits per heavy atom. The minimum absolute atomic E-state index is 0.123. The van der Waals surface area contributed by atoms with Crippen LogP contribution in [0.4, 0.5) is 5.69 Å². The van der Waals surface area contributed by atoms with Crippen molar-refractivity contribution < 1.29 is 4.79 Å². The van der Waals surface area contributed by atoms with E-state index in [2.05, 4.69) is 18.9 Å². The molecule has 0 saturated carbocycles. The number of nitrogens with zero attached hydrogens (tertiary/aromatic N) is 2. The maximum Gasteiger partial charge on any atom is 0.254 e. The number of piperidine rings is 1. The van der Waals surface area contributed by atoms with Crippen molar-refractivity contribution in [1.82, 2.24) is 4.90 Å². The molecule has 2 N–H and O–H groups in total. The van der Waals surface area contributed by atoms with Crippen LogP contribution in [-0.4, -0.2) is 43.5 Å². The average Bonchev–Trinajstić information content (AvgIpc) is 2.59. The Hall–Kier alpha value is -1.55. The zero-order valence-corrected chi connectivity index (χ0v) is 13.9. The van der Waals surface area contributed by atoms with Crippen LogP contribution >= 0.6 is 0 Å². The lowest BCUT2D eigenvalue weighted by Crippen LogP contribution is -2.47. The Morgan fingerprint density at radius 1 is 1.32 bits per heavy atom. The van der Waals surface area contributed by atoms with Gasteiger partial charge in [0.1, 0.15) is 0 Å². The molecule has 4 heteroatoms. The van der Waals surface area contributed by atoms with E-state index in [0.29, 0.717) is 6.54 Å². The van der Waals surface area contributed by atoms with Crippen LogP contribution in [0.3, 0.4) is 0 Å². The SMILES string of the molecule is CCCCN(C)c1ccc(C(=O)N2CCCCC2CN)cc1. The zero-order valence-electron chi connectivity index (χ0n) is 13.9. The Kier molecular flexibility index (Phi) is 6.25. The first-order valence-corrected chi connectivity index (χ1v) is 8.49. The highest BCUT2D eigenvalue weighted by Crippen LogP contribution is 2.21. The van der Waals surface area contributed by atoms with E-state index >= 15 is 0 Å². The van der Waals surface area contributed by atoms with Crippen LogP contribution in [0.15, 0.2) is 24.3 Å². The van der Waals surface area contributed by atoms with Crippen molar-refractivity contribution in [3.63, 3.8) is 0 Å². The largest absolute Gasteiger partial charge is 0.375 e. The van der Waals surface area contributed by atoms with Gasteiger partial charge in [-0.15, -0.1) is 0 Å². The molecule has 1 heterocycles. The van der Waals surface area contributed by atoms with Crippen LogP contribution in [0.25, 0.3) is 0 Å². The molecule has 0 radical (unpaired) electrons. The maximum absolute atomic E-state index is 12.7. The summed E-state index contributed by atoms with van der Waals surface area (Å²) in [4.78, 5) is 16.9. The molecule has 122 valence electrons. The summed E-state index contributed by atoms with van der Waals surface area (Å²) in [6, 6.07) is 8.19. The van der Waals surface area contributed by atoms with Gasteiger partial charge in [-0.1, -0.05) is 13.3 Å². The fourth-order valence-electron chi connectivity index (χ4n) is 3.06. The van der Waals surface area contributed by atoms with Crippen molar-refractivity contribution in [2.75, 3.05) is 31.6 Å². The second-order valence-corrected chi connectivity index (χ2v) is 6.21. The van der Waals surface area contributed by atoms with Crippen molar-refractivity contribution in [2.24, 2.45) is 5.73 Å². The number of hydrogen-bond acceptors (Lipinski definition) is 3. The summed E-state index contributed by atoms with van der Waals surface area (Å²) in [6.07, 6.45) is 5.66. The first-order chi connectivity index (χ1) is 10.7. The van der Waals surface area contributed by atoms with Gasteiger partial charge in [-0.3, -0.25) is 4.79 Å². The molecule has 22 heavy (non-hydrogen) atoms. The van der Waals surface area contributed by atoms with Crippen LogP contribution in [0, 0.1) is 0 Å². The molecule has 1 aliphatic rings. The summed E-state index contributed by atoms with van der Waals surface area (Å²) in [5, 5.41) is 0. The molecule has 1 amide bonds. The summed E-state index contributed by atoms with van der Waals surface area (Å²) in [5.41, 5.74) is 7.76. The molecule has 1 fully saturated rings. The molecule has 2 rings (SSSR count). The van der Waals surface area contributed by atoms with E-state index in [1.54, 1.807) is 0 Å². The smallest absolute Gasteiger partial charge is 0.254 e. The Labute approximate surface area is 134 Å². The van der Waals surface area contributed by atoms with Crippen LogP contribution in [0.2, 0.25) is 0 Å². The van der Waals surface area contributed by atoms with E-state index in [1.165, 1.54) is 24.9 Å². The highest BCUT2D eigenvalue weighted by Gasteiger charge is 2.26. The number of carbonyl (C=O) groups is 1. The van der Waals surface area contributed by atoms with Crippen molar-refractivity contribution in [1.29, 1.82) is 0 Å². The van der Waals surface area contributed by atoms with E-state index < -0.39 is 0 Å². The average molecular weight is 303 g/mol. The molecular formula is C18H29N3O. The van der Waals surface area contributed by atoms with E-state index in [4.69, 9.17) is 5.73 Å². The number of carbonyl (C=O) groups excluding carboxylic acids is 1. The number of nitrogens with two attached hydrogens (primary N) is 1. The summed E-state index contributed by atoms with van der Waals surface area (Å²) in [6.45, 7) is 4.63. The van der Waals surface area contributed by atoms with E-state index in [1.807, 2.05) is 29.2 Å². The highest BCUT2D eigenvalue weighted by molar-refractivity contribution is 5.94. The standard InChI is InChI=1S/C18H29N3O/c1-3-4-12-20(2)16-10-8-15(9-11-16)18(22)21-13-6-5-7-17(21)14-19/h8-11,17H,3-7,12-14,19H2,1-2H3. The third-order valence-corrected chi connectivity index (χ3v) is 4.56. The highest BCUT2D eigenvalue weighted by atomic mass is 16.2. The molecule has 1 aliphatic heterocycles.